The van der Waals surface area contributed by atoms with E-state index in [2.05, 4.69) is 20.9 Å². The Morgan fingerprint density at radius 1 is 1.15 bits per heavy atom. The minimum atomic E-state index is 0.0468. The summed E-state index contributed by atoms with van der Waals surface area (Å²) in [6.07, 6.45) is 1.71. The highest BCUT2D eigenvalue weighted by Crippen LogP contribution is 2.33. The van der Waals surface area contributed by atoms with Crippen LogP contribution in [0.15, 0.2) is 48.8 Å². The van der Waals surface area contributed by atoms with Crippen LogP contribution in [-0.4, -0.2) is 39.2 Å². The molecule has 1 aromatic heterocycles. The van der Waals surface area contributed by atoms with Gasteiger partial charge in [-0.25, -0.2) is 9.97 Å². The molecule has 26 heavy (non-hydrogen) atoms. The van der Waals surface area contributed by atoms with Crippen LogP contribution in [0.3, 0.4) is 0 Å². The van der Waals surface area contributed by atoms with Crippen molar-refractivity contribution in [1.29, 1.82) is 0 Å². The number of hydrogen-bond donors (Lipinski definition) is 1. The molecule has 0 amide bonds. The average molecular weight is 349 g/mol. The molecular formula is C21H23N3O2. The number of phenolic OH excluding ortho intramolecular Hbond substituents is 1. The first-order valence-corrected chi connectivity index (χ1v) is 9.00. The number of nitrogens with zero attached hydrogens (tertiary/aromatic N) is 3. The summed E-state index contributed by atoms with van der Waals surface area (Å²) in [4.78, 5) is 11.2. The molecule has 0 radical (unpaired) electrons. The number of fused-ring (bicyclic) bond motifs is 1. The molecule has 1 aliphatic rings. The summed E-state index contributed by atoms with van der Waals surface area (Å²) in [6, 6.07) is 13.8. The van der Waals surface area contributed by atoms with Gasteiger partial charge in [0, 0.05) is 30.9 Å². The quantitative estimate of drug-likeness (QED) is 0.761. The lowest BCUT2D eigenvalue weighted by Crippen LogP contribution is -2.44. The molecule has 1 aliphatic heterocycles. The van der Waals surface area contributed by atoms with Gasteiger partial charge in [-0.15, -0.1) is 0 Å². The van der Waals surface area contributed by atoms with E-state index in [4.69, 9.17) is 4.74 Å². The normalized spacial score (nSPS) is 15.3. The minimum absolute atomic E-state index is 0.0468. The van der Waals surface area contributed by atoms with Crippen molar-refractivity contribution >= 4 is 10.9 Å². The van der Waals surface area contributed by atoms with Crippen LogP contribution in [0, 0.1) is 0 Å². The molecule has 0 bridgehead atoms. The first-order valence-electron chi connectivity index (χ1n) is 9.00. The Balaban J connectivity index is 1.41. The lowest BCUT2D eigenvalue weighted by molar-refractivity contribution is 0.138. The third-order valence-corrected chi connectivity index (χ3v) is 4.71. The third-order valence-electron chi connectivity index (χ3n) is 4.71. The van der Waals surface area contributed by atoms with Gasteiger partial charge in [0.05, 0.1) is 17.3 Å². The SMILES string of the molecule is CC(C)Oc1ccc(CN2CC(c3ncnc4ccccc34)C2)cc1O. The van der Waals surface area contributed by atoms with Crippen molar-refractivity contribution in [3.8, 4) is 11.5 Å². The highest BCUT2D eigenvalue weighted by molar-refractivity contribution is 5.81. The molecule has 0 saturated carbocycles. The van der Waals surface area contributed by atoms with Gasteiger partial charge in [0.25, 0.3) is 0 Å². The Morgan fingerprint density at radius 3 is 2.73 bits per heavy atom. The zero-order chi connectivity index (χ0) is 18.1. The van der Waals surface area contributed by atoms with Gasteiger partial charge in [-0.05, 0) is 37.6 Å². The monoisotopic (exact) mass is 349 g/mol. The number of para-hydroxylation sites is 1. The highest BCUT2D eigenvalue weighted by Gasteiger charge is 2.30. The van der Waals surface area contributed by atoms with Gasteiger partial charge in [0.2, 0.25) is 0 Å². The minimum Gasteiger partial charge on any atom is -0.504 e. The van der Waals surface area contributed by atoms with E-state index in [0.29, 0.717) is 11.7 Å². The maximum atomic E-state index is 10.1. The van der Waals surface area contributed by atoms with Crippen LogP contribution in [0.5, 0.6) is 11.5 Å². The molecule has 0 unspecified atom stereocenters. The number of likely N-dealkylation sites (tertiary alicyclic amines) is 1. The van der Waals surface area contributed by atoms with Gasteiger partial charge in [-0.1, -0.05) is 24.3 Å². The maximum Gasteiger partial charge on any atom is 0.161 e. The van der Waals surface area contributed by atoms with Gasteiger partial charge in [-0.2, -0.15) is 0 Å². The van der Waals surface area contributed by atoms with Crippen molar-refractivity contribution in [1.82, 2.24) is 14.9 Å². The summed E-state index contributed by atoms with van der Waals surface area (Å²) >= 11 is 0. The number of aromatic hydroxyl groups is 1. The fraction of sp³-hybridized carbons (Fsp3) is 0.333. The fourth-order valence-electron chi connectivity index (χ4n) is 3.50. The molecule has 1 N–H and O–H groups in total. The van der Waals surface area contributed by atoms with Crippen LogP contribution in [0.2, 0.25) is 0 Å². The average Bonchev–Trinajstić information content (AvgIpc) is 2.59. The Hall–Kier alpha value is -2.66. The summed E-state index contributed by atoms with van der Waals surface area (Å²) in [6.45, 7) is 6.64. The maximum absolute atomic E-state index is 10.1. The molecule has 2 heterocycles. The zero-order valence-corrected chi connectivity index (χ0v) is 15.1. The van der Waals surface area contributed by atoms with Crippen molar-refractivity contribution in [2.45, 2.75) is 32.4 Å². The van der Waals surface area contributed by atoms with Crippen LogP contribution < -0.4 is 4.74 Å². The number of benzene rings is 2. The first kappa shape index (κ1) is 16.8. The molecule has 0 atom stereocenters. The van der Waals surface area contributed by atoms with Crippen LogP contribution in [-0.2, 0) is 6.54 Å². The Kier molecular flexibility index (Phi) is 4.47. The molecule has 1 fully saturated rings. The van der Waals surface area contributed by atoms with Crippen molar-refractivity contribution in [2.75, 3.05) is 13.1 Å². The number of ether oxygens (including phenoxy) is 1. The largest absolute Gasteiger partial charge is 0.504 e. The highest BCUT2D eigenvalue weighted by atomic mass is 16.5. The molecule has 3 aromatic rings. The smallest absolute Gasteiger partial charge is 0.161 e. The second kappa shape index (κ2) is 6.92. The van der Waals surface area contributed by atoms with Crippen molar-refractivity contribution in [3.05, 3.63) is 60.0 Å². The van der Waals surface area contributed by atoms with E-state index in [0.717, 1.165) is 41.8 Å². The molecule has 4 rings (SSSR count). The second-order valence-corrected chi connectivity index (χ2v) is 7.14. The predicted molar refractivity (Wildman–Crippen MR) is 101 cm³/mol. The van der Waals surface area contributed by atoms with E-state index < -0.39 is 0 Å². The number of rotatable bonds is 5. The summed E-state index contributed by atoms with van der Waals surface area (Å²) < 4.78 is 5.58. The standard InChI is InChI=1S/C21H23N3O2/c1-14(2)26-20-8-7-15(9-19(20)25)10-24-11-16(12-24)21-17-5-3-4-6-18(17)22-13-23-21/h3-9,13-14,16,25H,10-12H2,1-2H3. The van der Waals surface area contributed by atoms with Gasteiger partial charge >= 0.3 is 0 Å². The molecule has 5 nitrogen and oxygen atoms in total. The summed E-state index contributed by atoms with van der Waals surface area (Å²) in [7, 11) is 0. The van der Waals surface area contributed by atoms with Gasteiger partial charge in [0.1, 0.15) is 6.33 Å². The van der Waals surface area contributed by atoms with Crippen molar-refractivity contribution in [2.24, 2.45) is 0 Å². The molecule has 134 valence electrons. The van der Waals surface area contributed by atoms with Gasteiger partial charge in [0.15, 0.2) is 11.5 Å². The Labute approximate surface area is 153 Å². The van der Waals surface area contributed by atoms with E-state index in [1.54, 1.807) is 12.4 Å². The zero-order valence-electron chi connectivity index (χ0n) is 15.1. The van der Waals surface area contributed by atoms with Crippen molar-refractivity contribution < 1.29 is 9.84 Å². The van der Waals surface area contributed by atoms with E-state index >= 15 is 0 Å². The number of hydrogen-bond acceptors (Lipinski definition) is 5. The van der Waals surface area contributed by atoms with Crippen molar-refractivity contribution in [3.63, 3.8) is 0 Å². The second-order valence-electron chi connectivity index (χ2n) is 7.14. The van der Waals surface area contributed by atoms with E-state index in [-0.39, 0.29) is 11.9 Å². The topological polar surface area (TPSA) is 58.5 Å². The molecular weight excluding hydrogens is 326 g/mol. The molecule has 5 heteroatoms. The van der Waals surface area contributed by atoms with Crippen LogP contribution in [0.1, 0.15) is 31.0 Å². The van der Waals surface area contributed by atoms with Gasteiger partial charge < -0.3 is 9.84 Å². The molecule has 0 aliphatic carbocycles. The third kappa shape index (κ3) is 3.35. The van der Waals surface area contributed by atoms with Gasteiger partial charge in [-0.3, -0.25) is 4.90 Å². The van der Waals surface area contributed by atoms with Crippen LogP contribution in [0.4, 0.5) is 0 Å². The molecule has 1 saturated heterocycles. The molecule has 0 spiro atoms. The predicted octanol–water partition coefficient (Wildman–Crippen LogP) is 3.72. The van der Waals surface area contributed by atoms with E-state index in [1.807, 2.05) is 44.2 Å². The van der Waals surface area contributed by atoms with E-state index in [9.17, 15) is 5.11 Å². The summed E-state index contributed by atoms with van der Waals surface area (Å²) in [5.41, 5.74) is 3.22. The summed E-state index contributed by atoms with van der Waals surface area (Å²) in [5.74, 6) is 1.17. The lowest BCUT2D eigenvalue weighted by atomic mass is 9.92. The van der Waals surface area contributed by atoms with Crippen LogP contribution in [0.25, 0.3) is 10.9 Å². The van der Waals surface area contributed by atoms with Crippen LogP contribution >= 0.6 is 0 Å². The Bertz CT molecular complexity index is 915. The molecule has 2 aromatic carbocycles. The fourth-order valence-corrected chi connectivity index (χ4v) is 3.50. The number of phenols is 1. The first-order chi connectivity index (χ1) is 12.6. The Morgan fingerprint density at radius 2 is 1.96 bits per heavy atom. The summed E-state index contributed by atoms with van der Waals surface area (Å²) in [5, 5.41) is 11.3. The van der Waals surface area contributed by atoms with E-state index in [1.165, 1.54) is 0 Å². The number of aromatic nitrogens is 2. The lowest BCUT2D eigenvalue weighted by Gasteiger charge is -2.39.